The molecule has 0 heterocycles. The fraction of sp³-hybridized carbons (Fsp3) is 0.562. The topological polar surface area (TPSA) is 32.3 Å². The SMILES string of the molecule is CCCCN(C)CCC(=O)Nc1cc(C)cc(C)c1. The highest BCUT2D eigenvalue weighted by molar-refractivity contribution is 5.91. The summed E-state index contributed by atoms with van der Waals surface area (Å²) in [6.45, 7) is 8.15. The molecular formula is C16H26N2O. The maximum absolute atomic E-state index is 11.9. The van der Waals surface area contributed by atoms with Crippen molar-refractivity contribution in [1.82, 2.24) is 4.90 Å². The van der Waals surface area contributed by atoms with Gasteiger partial charge in [-0.1, -0.05) is 19.4 Å². The molecule has 0 unspecified atom stereocenters. The zero-order valence-electron chi connectivity index (χ0n) is 12.6. The van der Waals surface area contributed by atoms with E-state index in [9.17, 15) is 4.79 Å². The van der Waals surface area contributed by atoms with Crippen molar-refractivity contribution in [3.63, 3.8) is 0 Å². The molecule has 0 aliphatic carbocycles. The van der Waals surface area contributed by atoms with E-state index in [1.165, 1.54) is 24.0 Å². The molecule has 106 valence electrons. The van der Waals surface area contributed by atoms with E-state index in [4.69, 9.17) is 0 Å². The summed E-state index contributed by atoms with van der Waals surface area (Å²) >= 11 is 0. The minimum absolute atomic E-state index is 0.0911. The number of rotatable bonds is 7. The standard InChI is InChI=1S/C16H26N2O/c1-5-6-8-18(4)9-7-16(19)17-15-11-13(2)10-14(3)12-15/h10-12H,5-9H2,1-4H3,(H,17,19). The molecule has 1 amide bonds. The first-order valence-corrected chi connectivity index (χ1v) is 7.08. The Morgan fingerprint density at radius 1 is 1.16 bits per heavy atom. The van der Waals surface area contributed by atoms with Crippen molar-refractivity contribution in [2.24, 2.45) is 0 Å². The Kier molecular flexibility index (Phi) is 6.57. The summed E-state index contributed by atoms with van der Waals surface area (Å²) in [6.07, 6.45) is 2.93. The second-order valence-corrected chi connectivity index (χ2v) is 5.33. The number of aryl methyl sites for hydroxylation is 2. The average Bonchev–Trinajstić information content (AvgIpc) is 2.32. The molecule has 19 heavy (non-hydrogen) atoms. The minimum atomic E-state index is 0.0911. The van der Waals surface area contributed by atoms with Crippen LogP contribution in [0, 0.1) is 13.8 Å². The Bertz CT molecular complexity index is 395. The number of nitrogens with zero attached hydrogens (tertiary/aromatic N) is 1. The highest BCUT2D eigenvalue weighted by Gasteiger charge is 2.05. The van der Waals surface area contributed by atoms with Crippen LogP contribution in [0.2, 0.25) is 0 Å². The molecule has 1 rings (SSSR count). The summed E-state index contributed by atoms with van der Waals surface area (Å²) in [7, 11) is 2.07. The van der Waals surface area contributed by atoms with Gasteiger partial charge in [0.05, 0.1) is 0 Å². The van der Waals surface area contributed by atoms with Gasteiger partial charge in [0.2, 0.25) is 5.91 Å². The number of hydrogen-bond donors (Lipinski definition) is 1. The van der Waals surface area contributed by atoms with E-state index in [1.54, 1.807) is 0 Å². The fourth-order valence-corrected chi connectivity index (χ4v) is 2.10. The second kappa shape index (κ2) is 7.95. The molecule has 0 saturated carbocycles. The van der Waals surface area contributed by atoms with Crippen LogP contribution in [0.1, 0.15) is 37.3 Å². The van der Waals surface area contributed by atoms with Gasteiger partial charge >= 0.3 is 0 Å². The van der Waals surface area contributed by atoms with E-state index in [-0.39, 0.29) is 5.91 Å². The maximum Gasteiger partial charge on any atom is 0.225 e. The van der Waals surface area contributed by atoms with Crippen LogP contribution in [-0.4, -0.2) is 30.9 Å². The van der Waals surface area contributed by atoms with E-state index in [2.05, 4.69) is 30.3 Å². The van der Waals surface area contributed by atoms with Crippen LogP contribution < -0.4 is 5.32 Å². The van der Waals surface area contributed by atoms with Crippen LogP contribution in [-0.2, 0) is 4.79 Å². The van der Waals surface area contributed by atoms with Gasteiger partial charge in [-0.25, -0.2) is 0 Å². The first-order valence-electron chi connectivity index (χ1n) is 7.08. The van der Waals surface area contributed by atoms with Crippen molar-refractivity contribution in [1.29, 1.82) is 0 Å². The van der Waals surface area contributed by atoms with Gasteiger partial charge < -0.3 is 10.2 Å². The molecule has 3 nitrogen and oxygen atoms in total. The number of anilines is 1. The molecule has 0 atom stereocenters. The lowest BCUT2D eigenvalue weighted by molar-refractivity contribution is -0.116. The predicted molar refractivity (Wildman–Crippen MR) is 81.6 cm³/mol. The smallest absolute Gasteiger partial charge is 0.225 e. The zero-order chi connectivity index (χ0) is 14.3. The third-order valence-corrected chi connectivity index (χ3v) is 3.12. The number of hydrogen-bond acceptors (Lipinski definition) is 2. The Labute approximate surface area is 117 Å². The lowest BCUT2D eigenvalue weighted by Gasteiger charge is -2.15. The lowest BCUT2D eigenvalue weighted by atomic mass is 10.1. The third kappa shape index (κ3) is 6.39. The van der Waals surface area contributed by atoms with Crippen LogP contribution in [0.3, 0.4) is 0 Å². The molecule has 0 bridgehead atoms. The number of unbranched alkanes of at least 4 members (excludes halogenated alkanes) is 1. The summed E-state index contributed by atoms with van der Waals surface area (Å²) in [5.74, 6) is 0.0911. The van der Waals surface area contributed by atoms with Crippen molar-refractivity contribution >= 4 is 11.6 Å². The summed E-state index contributed by atoms with van der Waals surface area (Å²) < 4.78 is 0. The Morgan fingerprint density at radius 2 is 1.79 bits per heavy atom. The summed E-state index contributed by atoms with van der Waals surface area (Å²) in [5.41, 5.74) is 3.25. The monoisotopic (exact) mass is 262 g/mol. The highest BCUT2D eigenvalue weighted by Crippen LogP contribution is 2.13. The van der Waals surface area contributed by atoms with Crippen LogP contribution in [0.4, 0.5) is 5.69 Å². The summed E-state index contributed by atoms with van der Waals surface area (Å²) in [4.78, 5) is 14.1. The number of nitrogens with one attached hydrogen (secondary N) is 1. The zero-order valence-corrected chi connectivity index (χ0v) is 12.6. The van der Waals surface area contributed by atoms with Crippen molar-refractivity contribution in [2.75, 3.05) is 25.5 Å². The van der Waals surface area contributed by atoms with Crippen LogP contribution in [0.15, 0.2) is 18.2 Å². The van der Waals surface area contributed by atoms with Crippen LogP contribution in [0.5, 0.6) is 0 Å². The van der Waals surface area contributed by atoms with Gasteiger partial charge in [-0.3, -0.25) is 4.79 Å². The first kappa shape index (κ1) is 15.7. The van der Waals surface area contributed by atoms with Gasteiger partial charge in [0.25, 0.3) is 0 Å². The first-order chi connectivity index (χ1) is 9.01. The molecule has 0 spiro atoms. The molecular weight excluding hydrogens is 236 g/mol. The molecule has 0 fully saturated rings. The number of carbonyl (C=O) groups is 1. The Morgan fingerprint density at radius 3 is 2.37 bits per heavy atom. The van der Waals surface area contributed by atoms with E-state index in [0.29, 0.717) is 6.42 Å². The molecule has 0 radical (unpaired) electrons. The number of amides is 1. The largest absolute Gasteiger partial charge is 0.326 e. The Hall–Kier alpha value is -1.35. The number of benzene rings is 1. The predicted octanol–water partition coefficient (Wildman–Crippen LogP) is 3.36. The highest BCUT2D eigenvalue weighted by atomic mass is 16.1. The van der Waals surface area contributed by atoms with Gasteiger partial charge in [-0.2, -0.15) is 0 Å². The van der Waals surface area contributed by atoms with Gasteiger partial charge in [0.15, 0.2) is 0 Å². The Balaban J connectivity index is 2.38. The van der Waals surface area contributed by atoms with Crippen LogP contribution >= 0.6 is 0 Å². The van der Waals surface area contributed by atoms with Gasteiger partial charge in [0.1, 0.15) is 0 Å². The molecule has 0 aliphatic rings. The van der Waals surface area contributed by atoms with Crippen molar-refractivity contribution in [3.05, 3.63) is 29.3 Å². The van der Waals surface area contributed by atoms with E-state index >= 15 is 0 Å². The molecule has 1 N–H and O–H groups in total. The van der Waals surface area contributed by atoms with Gasteiger partial charge in [0, 0.05) is 18.7 Å². The average molecular weight is 262 g/mol. The minimum Gasteiger partial charge on any atom is -0.326 e. The lowest BCUT2D eigenvalue weighted by Crippen LogP contribution is -2.25. The van der Waals surface area contributed by atoms with E-state index < -0.39 is 0 Å². The molecule has 1 aromatic carbocycles. The normalized spacial score (nSPS) is 10.8. The maximum atomic E-state index is 11.9. The molecule has 0 aliphatic heterocycles. The fourth-order valence-electron chi connectivity index (χ4n) is 2.10. The summed E-state index contributed by atoms with van der Waals surface area (Å²) in [6, 6.07) is 6.12. The van der Waals surface area contributed by atoms with Crippen molar-refractivity contribution in [2.45, 2.75) is 40.0 Å². The van der Waals surface area contributed by atoms with Crippen molar-refractivity contribution < 1.29 is 4.79 Å². The summed E-state index contributed by atoms with van der Waals surface area (Å²) in [5, 5.41) is 2.97. The molecule has 1 aromatic rings. The van der Waals surface area contributed by atoms with E-state index in [0.717, 1.165) is 18.8 Å². The van der Waals surface area contributed by atoms with Gasteiger partial charge in [-0.05, 0) is 57.1 Å². The second-order valence-electron chi connectivity index (χ2n) is 5.33. The van der Waals surface area contributed by atoms with Crippen molar-refractivity contribution in [3.8, 4) is 0 Å². The quantitative estimate of drug-likeness (QED) is 0.817. The van der Waals surface area contributed by atoms with Gasteiger partial charge in [-0.15, -0.1) is 0 Å². The molecule has 0 saturated heterocycles. The van der Waals surface area contributed by atoms with E-state index in [1.807, 2.05) is 26.0 Å². The third-order valence-electron chi connectivity index (χ3n) is 3.12. The molecule has 3 heteroatoms. The number of carbonyl (C=O) groups excluding carboxylic acids is 1. The van der Waals surface area contributed by atoms with Crippen LogP contribution in [0.25, 0.3) is 0 Å². The molecule has 0 aromatic heterocycles.